The summed E-state index contributed by atoms with van der Waals surface area (Å²) in [5.41, 5.74) is 4.45. The molecule has 1 aromatic heterocycles. The minimum atomic E-state index is -3.91. The van der Waals surface area contributed by atoms with Crippen LogP contribution < -0.4 is 15.2 Å². The molecule has 0 aliphatic heterocycles. The molecule has 0 spiro atoms. The molecule has 33 heavy (non-hydrogen) atoms. The first-order valence-corrected chi connectivity index (χ1v) is 11.7. The van der Waals surface area contributed by atoms with Crippen molar-refractivity contribution in [2.45, 2.75) is 18.7 Å². The highest BCUT2D eigenvalue weighted by Gasteiger charge is 2.20. The standard InChI is InChI=1S/C25H23N3O4S/c1-15-8-13-19(33(26,30)31)14-22(15)28-25(29)23-16(2)24(17-9-11-18(32-3)12-10-17)27-21-7-5-4-6-20(21)23/h4-14H,1-3H3,(H,28,29)(H2,26,30,31). The Kier molecular flexibility index (Phi) is 5.88. The van der Waals surface area contributed by atoms with E-state index in [0.29, 0.717) is 39.0 Å². The van der Waals surface area contributed by atoms with E-state index in [4.69, 9.17) is 14.9 Å². The number of amides is 1. The zero-order chi connectivity index (χ0) is 23.8. The third-order valence-corrected chi connectivity index (χ3v) is 6.42. The highest BCUT2D eigenvalue weighted by Crippen LogP contribution is 2.31. The normalized spacial score (nSPS) is 11.4. The fraction of sp³-hybridized carbons (Fsp3) is 0.120. The van der Waals surface area contributed by atoms with Gasteiger partial charge in [0.2, 0.25) is 10.0 Å². The molecular weight excluding hydrogens is 438 g/mol. The van der Waals surface area contributed by atoms with Gasteiger partial charge in [0.15, 0.2) is 0 Å². The molecule has 0 fully saturated rings. The summed E-state index contributed by atoms with van der Waals surface area (Å²) in [6, 6.07) is 19.3. The van der Waals surface area contributed by atoms with Crippen LogP contribution in [0.15, 0.2) is 71.6 Å². The second-order valence-corrected chi connectivity index (χ2v) is 9.24. The summed E-state index contributed by atoms with van der Waals surface area (Å²) in [7, 11) is -2.30. The summed E-state index contributed by atoms with van der Waals surface area (Å²) in [4.78, 5) is 18.2. The van der Waals surface area contributed by atoms with Gasteiger partial charge in [0.25, 0.3) is 5.91 Å². The molecule has 0 bridgehead atoms. The van der Waals surface area contributed by atoms with Crippen LogP contribution in [-0.2, 0) is 10.0 Å². The van der Waals surface area contributed by atoms with Crippen molar-refractivity contribution in [1.29, 1.82) is 0 Å². The average molecular weight is 462 g/mol. The third-order valence-electron chi connectivity index (χ3n) is 5.51. The number of primary sulfonamides is 1. The first kappa shape index (κ1) is 22.4. The summed E-state index contributed by atoms with van der Waals surface area (Å²) >= 11 is 0. The van der Waals surface area contributed by atoms with E-state index in [1.807, 2.05) is 55.5 Å². The van der Waals surface area contributed by atoms with Crippen molar-refractivity contribution < 1.29 is 17.9 Å². The van der Waals surface area contributed by atoms with Gasteiger partial charge in [0.1, 0.15) is 5.75 Å². The molecule has 4 rings (SSSR count). The molecule has 0 saturated heterocycles. The molecule has 7 nitrogen and oxygen atoms in total. The van der Waals surface area contributed by atoms with E-state index in [-0.39, 0.29) is 10.8 Å². The minimum absolute atomic E-state index is 0.0707. The molecule has 3 N–H and O–H groups in total. The number of benzene rings is 3. The van der Waals surface area contributed by atoms with Crippen LogP contribution in [0.4, 0.5) is 5.69 Å². The second-order valence-electron chi connectivity index (χ2n) is 7.68. The third kappa shape index (κ3) is 4.44. The molecular formula is C25H23N3O4S. The number of hydrogen-bond donors (Lipinski definition) is 2. The lowest BCUT2D eigenvalue weighted by molar-refractivity contribution is 0.102. The topological polar surface area (TPSA) is 111 Å². The number of aromatic nitrogens is 1. The zero-order valence-electron chi connectivity index (χ0n) is 18.4. The number of carbonyl (C=O) groups excluding carboxylic acids is 1. The number of aryl methyl sites for hydroxylation is 1. The summed E-state index contributed by atoms with van der Waals surface area (Å²) in [6.45, 7) is 3.63. The lowest BCUT2D eigenvalue weighted by Crippen LogP contribution is -2.17. The maximum atomic E-state index is 13.5. The van der Waals surface area contributed by atoms with Crippen LogP contribution in [0.2, 0.25) is 0 Å². The summed E-state index contributed by atoms with van der Waals surface area (Å²) in [5, 5.41) is 8.82. The number of fused-ring (bicyclic) bond motifs is 1. The van der Waals surface area contributed by atoms with Crippen molar-refractivity contribution in [3.63, 3.8) is 0 Å². The van der Waals surface area contributed by atoms with Gasteiger partial charge in [-0.25, -0.2) is 18.5 Å². The van der Waals surface area contributed by atoms with Crippen LogP contribution in [0.1, 0.15) is 21.5 Å². The molecule has 1 heterocycles. The molecule has 3 aromatic carbocycles. The van der Waals surface area contributed by atoms with Crippen LogP contribution in [0.25, 0.3) is 22.2 Å². The van der Waals surface area contributed by atoms with Gasteiger partial charge in [0.05, 0.1) is 28.8 Å². The summed E-state index contributed by atoms with van der Waals surface area (Å²) in [5.74, 6) is 0.357. The maximum Gasteiger partial charge on any atom is 0.256 e. The highest BCUT2D eigenvalue weighted by atomic mass is 32.2. The fourth-order valence-electron chi connectivity index (χ4n) is 3.73. The van der Waals surface area contributed by atoms with E-state index in [1.165, 1.54) is 12.1 Å². The molecule has 0 unspecified atom stereocenters. The van der Waals surface area contributed by atoms with E-state index < -0.39 is 10.0 Å². The zero-order valence-corrected chi connectivity index (χ0v) is 19.2. The lowest BCUT2D eigenvalue weighted by Gasteiger charge is -2.16. The number of nitrogens with one attached hydrogen (secondary N) is 1. The molecule has 0 aliphatic rings. The minimum Gasteiger partial charge on any atom is -0.497 e. The van der Waals surface area contributed by atoms with Gasteiger partial charge in [-0.1, -0.05) is 24.3 Å². The van der Waals surface area contributed by atoms with Crippen LogP contribution in [0.3, 0.4) is 0 Å². The van der Waals surface area contributed by atoms with E-state index >= 15 is 0 Å². The van der Waals surface area contributed by atoms with Crippen LogP contribution >= 0.6 is 0 Å². The Morgan fingerprint density at radius 2 is 1.70 bits per heavy atom. The van der Waals surface area contributed by atoms with Crippen LogP contribution in [-0.4, -0.2) is 26.4 Å². The molecule has 168 valence electrons. The average Bonchev–Trinajstić information content (AvgIpc) is 2.79. The van der Waals surface area contributed by atoms with E-state index in [0.717, 1.165) is 11.3 Å². The first-order valence-electron chi connectivity index (χ1n) is 10.2. The van der Waals surface area contributed by atoms with Crippen LogP contribution in [0, 0.1) is 13.8 Å². The molecule has 4 aromatic rings. The number of nitrogens with two attached hydrogens (primary N) is 1. The molecule has 0 aliphatic carbocycles. The molecule has 0 radical (unpaired) electrons. The Labute approximate surface area is 192 Å². The number of anilines is 1. The Balaban J connectivity index is 1.85. The van der Waals surface area contributed by atoms with E-state index in [1.54, 1.807) is 20.1 Å². The fourth-order valence-corrected chi connectivity index (χ4v) is 4.27. The molecule has 0 atom stereocenters. The molecule has 0 saturated carbocycles. The second kappa shape index (κ2) is 8.65. The monoisotopic (exact) mass is 461 g/mol. The van der Waals surface area contributed by atoms with Crippen molar-refractivity contribution >= 4 is 32.5 Å². The number of hydrogen-bond acceptors (Lipinski definition) is 5. The quantitative estimate of drug-likeness (QED) is 0.457. The SMILES string of the molecule is COc1ccc(-c2nc3ccccc3c(C(=O)Nc3cc(S(N)(=O)=O)ccc3C)c2C)cc1. The number of rotatable bonds is 5. The van der Waals surface area contributed by atoms with Gasteiger partial charge in [-0.15, -0.1) is 0 Å². The molecule has 8 heteroatoms. The van der Waals surface area contributed by atoms with Gasteiger partial charge in [0, 0.05) is 16.6 Å². The Bertz CT molecular complexity index is 1480. The Morgan fingerprint density at radius 3 is 2.36 bits per heavy atom. The lowest BCUT2D eigenvalue weighted by atomic mass is 9.97. The predicted molar refractivity (Wildman–Crippen MR) is 129 cm³/mol. The largest absolute Gasteiger partial charge is 0.497 e. The number of ether oxygens (including phenoxy) is 1. The van der Waals surface area contributed by atoms with E-state index in [2.05, 4.69) is 5.32 Å². The van der Waals surface area contributed by atoms with Gasteiger partial charge in [-0.2, -0.15) is 0 Å². The Hall–Kier alpha value is -3.75. The number of nitrogens with zero attached hydrogens (tertiary/aromatic N) is 1. The number of para-hydroxylation sites is 1. The maximum absolute atomic E-state index is 13.5. The number of methoxy groups -OCH3 is 1. The van der Waals surface area contributed by atoms with Crippen LogP contribution in [0.5, 0.6) is 5.75 Å². The highest BCUT2D eigenvalue weighted by molar-refractivity contribution is 7.89. The van der Waals surface area contributed by atoms with Crippen molar-refractivity contribution in [2.75, 3.05) is 12.4 Å². The summed E-state index contributed by atoms with van der Waals surface area (Å²) < 4.78 is 28.8. The predicted octanol–water partition coefficient (Wildman–Crippen LogP) is 4.43. The molecule has 1 amide bonds. The van der Waals surface area contributed by atoms with Gasteiger partial charge in [-0.3, -0.25) is 4.79 Å². The Morgan fingerprint density at radius 1 is 1.00 bits per heavy atom. The van der Waals surface area contributed by atoms with Crippen molar-refractivity contribution in [1.82, 2.24) is 4.98 Å². The summed E-state index contributed by atoms with van der Waals surface area (Å²) in [6.07, 6.45) is 0. The first-order chi connectivity index (χ1) is 15.7. The van der Waals surface area contributed by atoms with E-state index in [9.17, 15) is 13.2 Å². The van der Waals surface area contributed by atoms with Gasteiger partial charge in [-0.05, 0) is 67.4 Å². The van der Waals surface area contributed by atoms with Gasteiger partial charge >= 0.3 is 0 Å². The van der Waals surface area contributed by atoms with Gasteiger partial charge < -0.3 is 10.1 Å². The number of pyridine rings is 1. The van der Waals surface area contributed by atoms with Crippen molar-refractivity contribution in [3.8, 4) is 17.0 Å². The number of carbonyl (C=O) groups is 1. The van der Waals surface area contributed by atoms with Crippen molar-refractivity contribution in [2.24, 2.45) is 5.14 Å². The smallest absolute Gasteiger partial charge is 0.256 e. The van der Waals surface area contributed by atoms with Crippen molar-refractivity contribution in [3.05, 3.63) is 83.4 Å². The number of sulfonamides is 1.